The topological polar surface area (TPSA) is 71.3 Å². The fourth-order valence-electron chi connectivity index (χ4n) is 18.2. The van der Waals surface area contributed by atoms with Crippen molar-refractivity contribution in [3.8, 4) is 90.3 Å². The van der Waals surface area contributed by atoms with Gasteiger partial charge in [0.15, 0.2) is 0 Å². The van der Waals surface area contributed by atoms with Crippen LogP contribution in [0.4, 0.5) is 0 Å². The predicted molar refractivity (Wildman–Crippen MR) is 443 cm³/mol. The minimum absolute atomic E-state index is 0.249. The van der Waals surface area contributed by atoms with Crippen LogP contribution >= 0.6 is 23.5 Å². The van der Waals surface area contributed by atoms with Crippen molar-refractivity contribution in [3.05, 3.63) is 327 Å². The Morgan fingerprint density at radius 3 is 1.21 bits per heavy atom. The number of aromatic nitrogens is 8. The fraction of sp³-hybridized carbons (Fsp3) is 0.0309. The highest BCUT2D eigenvalue weighted by molar-refractivity contribution is 8.00. The normalized spacial score (nSPS) is 13.3. The fourth-order valence-corrected chi connectivity index (χ4v) is 20.5. The van der Waals surface area contributed by atoms with Gasteiger partial charge in [0.2, 0.25) is 11.9 Å². The summed E-state index contributed by atoms with van der Waals surface area (Å²) in [6.07, 6.45) is 0. The second kappa shape index (κ2) is 22.0. The van der Waals surface area contributed by atoms with Crippen molar-refractivity contribution in [1.29, 1.82) is 0 Å². The SMILES string of the molecule is CC1(C)c2ccc(-n3c4ccccc4c4cc(-c5ccc6c7ccccc7n(-c7nc8c9c(cccc9n7)Sc7ccccc7-8)c6c5)ccc43)cc2-c2ccc(-c3ccc4c5ccc(-c6ccc7c(c6)c6ccccc6n7-c6nc7c8c(cccc8n6)Sc6ccccc6-7)cc5n(-c5ccccc5)c4c3)cc21. The van der Waals surface area contributed by atoms with Crippen LogP contribution in [0.3, 0.4) is 0 Å². The van der Waals surface area contributed by atoms with Crippen molar-refractivity contribution in [2.24, 2.45) is 0 Å². The molecule has 3 aliphatic rings. The molecule has 498 valence electrons. The zero-order valence-electron chi connectivity index (χ0n) is 57.9. The first kappa shape index (κ1) is 59.3. The van der Waals surface area contributed by atoms with Crippen LogP contribution in [-0.4, -0.2) is 38.2 Å². The lowest BCUT2D eigenvalue weighted by Crippen LogP contribution is -2.15. The number of fused-ring (bicyclic) bond motifs is 19. The number of benzene rings is 15. The highest BCUT2D eigenvalue weighted by Crippen LogP contribution is 2.53. The van der Waals surface area contributed by atoms with E-state index in [1.807, 2.05) is 0 Å². The quantitative estimate of drug-likeness (QED) is 0.158. The maximum atomic E-state index is 5.48. The molecule has 0 radical (unpaired) electrons. The third kappa shape index (κ3) is 8.47. The van der Waals surface area contributed by atoms with Gasteiger partial charge < -0.3 is 9.13 Å². The zero-order valence-corrected chi connectivity index (χ0v) is 59.5. The lowest BCUT2D eigenvalue weighted by molar-refractivity contribution is 0.660. The summed E-state index contributed by atoms with van der Waals surface area (Å²) >= 11 is 3.59. The first-order valence-corrected chi connectivity index (χ1v) is 38.1. The summed E-state index contributed by atoms with van der Waals surface area (Å²) in [5.41, 5.74) is 29.2. The molecule has 0 fully saturated rings. The van der Waals surface area contributed by atoms with Crippen LogP contribution in [0.15, 0.2) is 335 Å². The van der Waals surface area contributed by atoms with Crippen molar-refractivity contribution in [2.75, 3.05) is 0 Å². The highest BCUT2D eigenvalue weighted by Gasteiger charge is 2.37. The lowest BCUT2D eigenvalue weighted by Gasteiger charge is -2.22. The smallest absolute Gasteiger partial charge is 0.235 e. The number of para-hydroxylation sites is 4. The molecule has 0 saturated heterocycles. The molecule has 15 aromatic carbocycles. The Morgan fingerprint density at radius 2 is 0.645 bits per heavy atom. The predicted octanol–water partition coefficient (Wildman–Crippen LogP) is 25.5. The minimum Gasteiger partial charge on any atom is -0.309 e. The van der Waals surface area contributed by atoms with E-state index in [-0.39, 0.29) is 5.41 Å². The maximum Gasteiger partial charge on any atom is 0.235 e. The van der Waals surface area contributed by atoms with E-state index in [1.165, 1.54) is 90.9 Å². The molecule has 24 rings (SSSR count). The van der Waals surface area contributed by atoms with Crippen LogP contribution in [0.2, 0.25) is 0 Å². The first-order valence-electron chi connectivity index (χ1n) is 36.5. The minimum atomic E-state index is -0.249. The van der Waals surface area contributed by atoms with Gasteiger partial charge in [0.1, 0.15) is 0 Å². The van der Waals surface area contributed by atoms with Crippen LogP contribution in [0.25, 0.3) is 199 Å². The van der Waals surface area contributed by atoms with E-state index < -0.39 is 0 Å². The van der Waals surface area contributed by atoms with Crippen LogP contribution in [0.5, 0.6) is 0 Å². The van der Waals surface area contributed by atoms with Crippen LogP contribution in [0.1, 0.15) is 25.0 Å². The standard InChI is InChI=1S/C97H58N8S2/c1-97(2)75-45-40-62(103-79-27-11-7-21-65(79)73-48-55(38-46-82(73)103)59-35-42-67-64-20-6-12-28-80(64)105(86(67)53-59)96-99-78-26-17-33-90-92(78)94(101-96)71-24-10-15-31-88(71)107-90)54-72(75)63-41-34-57(50-76(63)97)60-37-44-69-68-43-36-58(51-84(68)102(85(69)52-60)61-18-4-3-5-19-61)56-39-47-83-74(49-56)66-22-8-13-29-81(66)104(83)95-98-77-25-16-32-89-91(77)93(100-95)70-23-9-14-30-87(70)106-89/h3-54H,1-2H3. The Hall–Kier alpha value is -13.1. The lowest BCUT2D eigenvalue weighted by atomic mass is 9.81. The molecule has 107 heavy (non-hydrogen) atoms. The van der Waals surface area contributed by atoms with Crippen molar-refractivity contribution < 1.29 is 0 Å². The number of rotatable bonds is 7. The summed E-state index contributed by atoms with van der Waals surface area (Å²) in [6.45, 7) is 4.79. The summed E-state index contributed by atoms with van der Waals surface area (Å²) in [4.78, 5) is 26.4. The van der Waals surface area contributed by atoms with Gasteiger partial charge >= 0.3 is 0 Å². The number of hydrogen-bond acceptors (Lipinski definition) is 6. The van der Waals surface area contributed by atoms with Gasteiger partial charge in [-0.15, -0.1) is 0 Å². The molecule has 2 aliphatic heterocycles. The molecule has 21 aromatic rings. The average molecular weight is 1400 g/mol. The summed E-state index contributed by atoms with van der Waals surface area (Å²) in [6, 6.07) is 116. The van der Waals surface area contributed by atoms with Crippen LogP contribution < -0.4 is 0 Å². The van der Waals surface area contributed by atoms with Gasteiger partial charge in [0, 0.05) is 101 Å². The van der Waals surface area contributed by atoms with Crippen molar-refractivity contribution in [3.63, 3.8) is 0 Å². The molecule has 0 amide bonds. The average Bonchev–Trinajstić information content (AvgIpc) is 1.70. The summed E-state index contributed by atoms with van der Waals surface area (Å²) in [5, 5.41) is 11.7. The molecule has 0 saturated carbocycles. The zero-order chi connectivity index (χ0) is 70.1. The molecule has 0 atom stereocenters. The van der Waals surface area contributed by atoms with E-state index in [9.17, 15) is 0 Å². The summed E-state index contributed by atoms with van der Waals surface area (Å²) in [7, 11) is 0. The third-order valence-corrected chi connectivity index (χ3v) is 25.5. The van der Waals surface area contributed by atoms with E-state index in [2.05, 4.69) is 348 Å². The molecule has 8 heterocycles. The van der Waals surface area contributed by atoms with Gasteiger partial charge in [-0.3, -0.25) is 9.13 Å². The van der Waals surface area contributed by atoms with Crippen molar-refractivity contribution in [1.82, 2.24) is 38.2 Å². The Morgan fingerprint density at radius 1 is 0.243 bits per heavy atom. The van der Waals surface area contributed by atoms with Gasteiger partial charge in [0.05, 0.1) is 66.6 Å². The Labute approximate surface area is 622 Å². The first-order chi connectivity index (χ1) is 52.8. The second-order valence-electron chi connectivity index (χ2n) is 29.2. The maximum absolute atomic E-state index is 5.48. The third-order valence-electron chi connectivity index (χ3n) is 23.2. The van der Waals surface area contributed by atoms with Crippen LogP contribution in [0, 0.1) is 0 Å². The largest absolute Gasteiger partial charge is 0.309 e. The molecular weight excluding hydrogens is 1340 g/mol. The molecule has 0 spiro atoms. The molecule has 0 unspecified atom stereocenters. The Kier molecular flexibility index (Phi) is 12.2. The van der Waals surface area contributed by atoms with Crippen LogP contribution in [-0.2, 0) is 5.41 Å². The van der Waals surface area contributed by atoms with E-state index >= 15 is 0 Å². The van der Waals surface area contributed by atoms with Gasteiger partial charge in [-0.05, 0) is 183 Å². The molecule has 10 heteroatoms. The van der Waals surface area contributed by atoms with Crippen molar-refractivity contribution >= 4 is 133 Å². The Balaban J connectivity index is 0.585. The number of hydrogen-bond donors (Lipinski definition) is 0. The molecule has 0 N–H and O–H groups in total. The molecule has 1 aliphatic carbocycles. The van der Waals surface area contributed by atoms with E-state index in [0.29, 0.717) is 11.9 Å². The monoisotopic (exact) mass is 1400 g/mol. The van der Waals surface area contributed by atoms with Gasteiger partial charge in [-0.25, -0.2) is 19.9 Å². The van der Waals surface area contributed by atoms with E-state index in [0.717, 1.165) is 127 Å². The van der Waals surface area contributed by atoms with Crippen molar-refractivity contribution in [2.45, 2.75) is 38.8 Å². The van der Waals surface area contributed by atoms with Gasteiger partial charge in [-0.2, -0.15) is 0 Å². The Bertz CT molecular complexity index is 7560. The van der Waals surface area contributed by atoms with Gasteiger partial charge in [-0.1, -0.05) is 225 Å². The molecular formula is C97H58N8S2. The second-order valence-corrected chi connectivity index (χ2v) is 31.4. The summed E-state index contributed by atoms with van der Waals surface area (Å²) < 4.78 is 9.45. The highest BCUT2D eigenvalue weighted by atomic mass is 32.2. The van der Waals surface area contributed by atoms with Gasteiger partial charge in [0.25, 0.3) is 0 Å². The number of nitrogens with zero attached hydrogens (tertiary/aromatic N) is 8. The van der Waals surface area contributed by atoms with E-state index in [4.69, 9.17) is 19.9 Å². The molecule has 0 bridgehead atoms. The van der Waals surface area contributed by atoms with E-state index in [1.54, 1.807) is 23.5 Å². The summed E-state index contributed by atoms with van der Waals surface area (Å²) in [5.74, 6) is 1.34. The molecule has 6 aromatic heterocycles. The molecule has 8 nitrogen and oxygen atoms in total.